The van der Waals surface area contributed by atoms with Gasteiger partial charge < -0.3 is 10.4 Å². The maximum absolute atomic E-state index is 12.4. The molecule has 1 unspecified atom stereocenters. The summed E-state index contributed by atoms with van der Waals surface area (Å²) >= 11 is 1.18. The van der Waals surface area contributed by atoms with Crippen molar-refractivity contribution in [1.29, 1.82) is 0 Å². The second-order valence-corrected chi connectivity index (χ2v) is 6.25. The van der Waals surface area contributed by atoms with E-state index in [9.17, 15) is 9.59 Å². The molecule has 0 aliphatic heterocycles. The molecule has 1 amide bonds. The Morgan fingerprint density at radius 1 is 1.23 bits per heavy atom. The van der Waals surface area contributed by atoms with Gasteiger partial charge in [-0.15, -0.1) is 11.3 Å². The number of carbonyl (C=O) groups excluding carboxylic acids is 1. The summed E-state index contributed by atoms with van der Waals surface area (Å²) in [6.45, 7) is 7.63. The molecule has 0 radical (unpaired) electrons. The smallest absolute Gasteiger partial charge is 0.355 e. The zero-order valence-corrected chi connectivity index (χ0v) is 13.7. The van der Waals surface area contributed by atoms with Crippen molar-refractivity contribution in [3.8, 4) is 0 Å². The number of rotatable bonds is 4. The summed E-state index contributed by atoms with van der Waals surface area (Å²) < 4.78 is 0. The highest BCUT2D eigenvalue weighted by Crippen LogP contribution is 2.26. The molecule has 1 aromatic carbocycles. The van der Waals surface area contributed by atoms with E-state index in [4.69, 9.17) is 5.11 Å². The van der Waals surface area contributed by atoms with Crippen molar-refractivity contribution in [1.82, 2.24) is 4.98 Å². The fraction of sp³-hybridized carbons (Fsp3) is 0.312. The summed E-state index contributed by atoms with van der Waals surface area (Å²) in [5, 5.41) is 13.8. The number of carbonyl (C=O) groups is 2. The van der Waals surface area contributed by atoms with Gasteiger partial charge in [-0.05, 0) is 38.8 Å². The van der Waals surface area contributed by atoms with Crippen LogP contribution < -0.4 is 5.32 Å². The third kappa shape index (κ3) is 3.33. The van der Waals surface area contributed by atoms with Crippen LogP contribution in [0.1, 0.15) is 45.0 Å². The average Bonchev–Trinajstić information content (AvgIpc) is 2.91. The van der Waals surface area contributed by atoms with Gasteiger partial charge in [0.1, 0.15) is 5.01 Å². The summed E-state index contributed by atoms with van der Waals surface area (Å²) in [5.41, 5.74) is 3.93. The van der Waals surface area contributed by atoms with Gasteiger partial charge in [0.2, 0.25) is 5.91 Å². The molecule has 0 fully saturated rings. The first-order valence-corrected chi connectivity index (χ1v) is 7.75. The van der Waals surface area contributed by atoms with Crippen molar-refractivity contribution in [2.24, 2.45) is 0 Å². The highest BCUT2D eigenvalue weighted by Gasteiger charge is 2.21. The van der Waals surface area contributed by atoms with E-state index >= 15 is 0 Å². The van der Waals surface area contributed by atoms with Crippen LogP contribution in [0.5, 0.6) is 0 Å². The minimum Gasteiger partial charge on any atom is -0.476 e. The number of aromatic carboxylic acids is 1. The molecule has 0 aliphatic rings. The molecule has 0 spiro atoms. The first-order chi connectivity index (χ1) is 10.3. The Balaban J connectivity index is 2.19. The molecule has 2 aromatic rings. The second kappa shape index (κ2) is 6.27. The van der Waals surface area contributed by atoms with Crippen molar-refractivity contribution in [2.45, 2.75) is 33.6 Å². The SMILES string of the molecule is Cc1cc(C)c(NC(=O)C(C)c2nc(C(=O)O)cs2)c(C)c1. The molecule has 5 nitrogen and oxygen atoms in total. The average molecular weight is 318 g/mol. The van der Waals surface area contributed by atoms with E-state index < -0.39 is 11.9 Å². The Kier molecular flexibility index (Phi) is 4.61. The number of hydrogen-bond donors (Lipinski definition) is 2. The van der Waals surface area contributed by atoms with Crippen LogP contribution in [0.3, 0.4) is 0 Å². The number of aryl methyl sites for hydroxylation is 3. The van der Waals surface area contributed by atoms with E-state index in [-0.39, 0.29) is 11.6 Å². The molecule has 1 aromatic heterocycles. The summed E-state index contributed by atoms with van der Waals surface area (Å²) in [6.07, 6.45) is 0. The molecule has 2 rings (SSSR count). The van der Waals surface area contributed by atoms with Crippen molar-refractivity contribution in [2.75, 3.05) is 5.32 Å². The lowest BCUT2D eigenvalue weighted by Crippen LogP contribution is -2.20. The zero-order valence-electron chi connectivity index (χ0n) is 12.9. The van der Waals surface area contributed by atoms with E-state index in [1.165, 1.54) is 16.7 Å². The number of aromatic nitrogens is 1. The van der Waals surface area contributed by atoms with E-state index in [1.807, 2.05) is 32.9 Å². The van der Waals surface area contributed by atoms with Crippen LogP contribution in [0.25, 0.3) is 0 Å². The first-order valence-electron chi connectivity index (χ1n) is 6.87. The highest BCUT2D eigenvalue weighted by atomic mass is 32.1. The summed E-state index contributed by atoms with van der Waals surface area (Å²) in [6, 6.07) is 4.03. The summed E-state index contributed by atoms with van der Waals surface area (Å²) in [5.74, 6) is -1.78. The van der Waals surface area contributed by atoms with Crippen molar-refractivity contribution >= 4 is 28.9 Å². The van der Waals surface area contributed by atoms with Gasteiger partial charge in [0, 0.05) is 11.1 Å². The van der Waals surface area contributed by atoms with Crippen LogP contribution in [0, 0.1) is 20.8 Å². The third-order valence-electron chi connectivity index (χ3n) is 3.43. The van der Waals surface area contributed by atoms with Crippen LogP contribution in [0.15, 0.2) is 17.5 Å². The Morgan fingerprint density at radius 3 is 2.32 bits per heavy atom. The number of thiazole rings is 1. The van der Waals surface area contributed by atoms with E-state index in [2.05, 4.69) is 10.3 Å². The fourth-order valence-corrected chi connectivity index (χ4v) is 3.15. The normalized spacial score (nSPS) is 12.0. The van der Waals surface area contributed by atoms with Crippen molar-refractivity contribution in [3.63, 3.8) is 0 Å². The Labute approximate surface area is 133 Å². The number of carboxylic acid groups (broad SMARTS) is 1. The zero-order chi connectivity index (χ0) is 16.4. The van der Waals surface area contributed by atoms with Gasteiger partial charge in [-0.2, -0.15) is 0 Å². The van der Waals surface area contributed by atoms with E-state index in [1.54, 1.807) is 6.92 Å². The number of nitrogens with zero attached hydrogens (tertiary/aromatic N) is 1. The largest absolute Gasteiger partial charge is 0.476 e. The third-order valence-corrected chi connectivity index (χ3v) is 4.46. The lowest BCUT2D eigenvalue weighted by molar-refractivity contribution is -0.117. The number of nitrogens with one attached hydrogen (secondary N) is 1. The van der Waals surface area contributed by atoms with Gasteiger partial charge in [0.25, 0.3) is 0 Å². The highest BCUT2D eigenvalue weighted by molar-refractivity contribution is 7.10. The van der Waals surface area contributed by atoms with Crippen LogP contribution in [-0.4, -0.2) is 22.0 Å². The predicted octanol–water partition coefficient (Wildman–Crippen LogP) is 3.51. The topological polar surface area (TPSA) is 79.3 Å². The second-order valence-electron chi connectivity index (χ2n) is 5.36. The molecule has 116 valence electrons. The van der Waals surface area contributed by atoms with E-state index in [0.717, 1.165) is 22.4 Å². The lowest BCUT2D eigenvalue weighted by Gasteiger charge is -2.15. The maximum atomic E-state index is 12.4. The number of anilines is 1. The van der Waals surface area contributed by atoms with Gasteiger partial charge in [0.15, 0.2) is 5.69 Å². The van der Waals surface area contributed by atoms with E-state index in [0.29, 0.717) is 5.01 Å². The molecule has 0 saturated heterocycles. The molecule has 1 atom stereocenters. The van der Waals surface area contributed by atoms with Gasteiger partial charge in [0.05, 0.1) is 5.92 Å². The summed E-state index contributed by atoms with van der Waals surface area (Å²) in [7, 11) is 0. The Bertz CT molecular complexity index is 714. The molecule has 0 aliphatic carbocycles. The lowest BCUT2D eigenvalue weighted by atomic mass is 10.0. The number of amides is 1. The van der Waals surface area contributed by atoms with Crippen molar-refractivity contribution in [3.05, 3.63) is 44.9 Å². The van der Waals surface area contributed by atoms with Crippen LogP contribution in [-0.2, 0) is 4.79 Å². The molecule has 0 bridgehead atoms. The number of benzene rings is 1. The van der Waals surface area contributed by atoms with Crippen LogP contribution in [0.2, 0.25) is 0 Å². The van der Waals surface area contributed by atoms with Gasteiger partial charge in [-0.3, -0.25) is 4.79 Å². The van der Waals surface area contributed by atoms with Gasteiger partial charge in [-0.1, -0.05) is 17.7 Å². The molecule has 1 heterocycles. The van der Waals surface area contributed by atoms with Crippen molar-refractivity contribution < 1.29 is 14.7 Å². The first kappa shape index (κ1) is 16.2. The minimum atomic E-state index is -1.08. The molecule has 2 N–H and O–H groups in total. The maximum Gasteiger partial charge on any atom is 0.355 e. The quantitative estimate of drug-likeness (QED) is 0.904. The number of carboxylic acids is 1. The minimum absolute atomic E-state index is 0.0256. The monoisotopic (exact) mass is 318 g/mol. The molecule has 0 saturated carbocycles. The molecule has 22 heavy (non-hydrogen) atoms. The van der Waals surface area contributed by atoms with Gasteiger partial charge in [-0.25, -0.2) is 9.78 Å². The Hall–Kier alpha value is -2.21. The molecule has 6 heteroatoms. The fourth-order valence-electron chi connectivity index (χ4n) is 2.31. The summed E-state index contributed by atoms with van der Waals surface area (Å²) in [4.78, 5) is 27.2. The molecular weight excluding hydrogens is 300 g/mol. The van der Waals surface area contributed by atoms with Crippen LogP contribution >= 0.6 is 11.3 Å². The van der Waals surface area contributed by atoms with Crippen LogP contribution in [0.4, 0.5) is 5.69 Å². The predicted molar refractivity (Wildman–Crippen MR) is 86.8 cm³/mol. The Morgan fingerprint density at radius 2 is 1.82 bits per heavy atom. The van der Waals surface area contributed by atoms with Gasteiger partial charge >= 0.3 is 5.97 Å². The number of hydrogen-bond acceptors (Lipinski definition) is 4. The standard InChI is InChI=1S/C16H18N2O3S/c1-8-5-9(2)13(10(3)6-8)18-14(19)11(4)15-17-12(7-22-15)16(20)21/h5-7,11H,1-4H3,(H,18,19)(H,20,21). The molecular formula is C16H18N2O3S.